The molecule has 3 rings (SSSR count). The number of aromatic nitrogens is 2. The summed E-state index contributed by atoms with van der Waals surface area (Å²) in [5.74, 6) is -0.361. The first-order valence-electron chi connectivity index (χ1n) is 7.26. The SMILES string of the molecule is Nc1ncc(N2CCN(c3ccc(C(=O)O)cc3)CC2)c(N)n1. The van der Waals surface area contributed by atoms with E-state index in [1.807, 2.05) is 12.1 Å². The number of carboxylic acid groups (broad SMARTS) is 1. The summed E-state index contributed by atoms with van der Waals surface area (Å²) >= 11 is 0. The fourth-order valence-corrected chi connectivity index (χ4v) is 2.67. The van der Waals surface area contributed by atoms with Crippen molar-refractivity contribution in [1.29, 1.82) is 0 Å². The van der Waals surface area contributed by atoms with Crippen LogP contribution in [0.5, 0.6) is 0 Å². The molecule has 120 valence electrons. The summed E-state index contributed by atoms with van der Waals surface area (Å²) in [6.45, 7) is 3.16. The highest BCUT2D eigenvalue weighted by molar-refractivity contribution is 5.88. The van der Waals surface area contributed by atoms with E-state index in [2.05, 4.69) is 19.8 Å². The van der Waals surface area contributed by atoms with E-state index in [0.717, 1.165) is 37.6 Å². The third-order valence-electron chi connectivity index (χ3n) is 3.92. The molecule has 8 heteroatoms. The maximum atomic E-state index is 10.9. The molecule has 1 aromatic carbocycles. The van der Waals surface area contributed by atoms with Gasteiger partial charge in [-0.05, 0) is 24.3 Å². The Hall–Kier alpha value is -3.03. The monoisotopic (exact) mass is 314 g/mol. The van der Waals surface area contributed by atoms with Gasteiger partial charge in [-0.2, -0.15) is 4.98 Å². The lowest BCUT2D eigenvalue weighted by Crippen LogP contribution is -2.46. The summed E-state index contributed by atoms with van der Waals surface area (Å²) in [6.07, 6.45) is 1.65. The van der Waals surface area contributed by atoms with Crippen LogP contribution < -0.4 is 21.3 Å². The smallest absolute Gasteiger partial charge is 0.335 e. The van der Waals surface area contributed by atoms with Crippen molar-refractivity contribution in [2.45, 2.75) is 0 Å². The van der Waals surface area contributed by atoms with Crippen LogP contribution in [0.25, 0.3) is 0 Å². The van der Waals surface area contributed by atoms with Crippen molar-refractivity contribution in [3.05, 3.63) is 36.0 Å². The van der Waals surface area contributed by atoms with Gasteiger partial charge in [0.1, 0.15) is 0 Å². The lowest BCUT2D eigenvalue weighted by Gasteiger charge is -2.37. The van der Waals surface area contributed by atoms with E-state index in [4.69, 9.17) is 16.6 Å². The van der Waals surface area contributed by atoms with Crippen molar-refractivity contribution in [3.8, 4) is 0 Å². The third-order valence-corrected chi connectivity index (χ3v) is 3.92. The number of nitrogens with zero attached hydrogens (tertiary/aromatic N) is 4. The molecule has 0 bridgehead atoms. The Kier molecular flexibility index (Phi) is 3.88. The maximum absolute atomic E-state index is 10.9. The second-order valence-electron chi connectivity index (χ2n) is 5.32. The number of anilines is 4. The number of piperazine rings is 1. The van der Waals surface area contributed by atoms with Crippen LogP contribution in [0.1, 0.15) is 10.4 Å². The van der Waals surface area contributed by atoms with Crippen LogP contribution in [0.2, 0.25) is 0 Å². The Labute approximate surface area is 133 Å². The molecule has 1 aromatic heterocycles. The topological polar surface area (TPSA) is 122 Å². The van der Waals surface area contributed by atoms with Crippen LogP contribution in [0, 0.1) is 0 Å². The van der Waals surface area contributed by atoms with E-state index < -0.39 is 5.97 Å². The number of carboxylic acids is 1. The Morgan fingerprint density at radius 2 is 1.65 bits per heavy atom. The predicted octanol–water partition coefficient (Wildman–Crippen LogP) is 0.666. The fourth-order valence-electron chi connectivity index (χ4n) is 2.67. The lowest BCUT2D eigenvalue weighted by atomic mass is 10.2. The van der Waals surface area contributed by atoms with E-state index in [1.165, 1.54) is 0 Å². The highest BCUT2D eigenvalue weighted by Gasteiger charge is 2.20. The van der Waals surface area contributed by atoms with Crippen molar-refractivity contribution < 1.29 is 9.90 Å². The first-order valence-corrected chi connectivity index (χ1v) is 7.26. The molecule has 2 aromatic rings. The summed E-state index contributed by atoms with van der Waals surface area (Å²) < 4.78 is 0. The van der Waals surface area contributed by atoms with Crippen LogP contribution >= 0.6 is 0 Å². The molecule has 1 fully saturated rings. The summed E-state index contributed by atoms with van der Waals surface area (Å²) in [7, 11) is 0. The molecule has 0 unspecified atom stereocenters. The fraction of sp³-hybridized carbons (Fsp3) is 0.267. The average Bonchev–Trinajstić information content (AvgIpc) is 2.55. The molecule has 5 N–H and O–H groups in total. The first-order chi connectivity index (χ1) is 11.0. The van der Waals surface area contributed by atoms with Crippen molar-refractivity contribution in [2.75, 3.05) is 47.4 Å². The zero-order valence-corrected chi connectivity index (χ0v) is 12.5. The first kappa shape index (κ1) is 14.9. The molecule has 1 saturated heterocycles. The van der Waals surface area contributed by atoms with Gasteiger partial charge in [0.25, 0.3) is 0 Å². The van der Waals surface area contributed by atoms with E-state index >= 15 is 0 Å². The molecular formula is C15H18N6O2. The molecule has 0 amide bonds. The summed E-state index contributed by atoms with van der Waals surface area (Å²) in [6, 6.07) is 6.91. The maximum Gasteiger partial charge on any atom is 0.335 e. The summed E-state index contributed by atoms with van der Waals surface area (Å²) in [5, 5.41) is 8.94. The van der Waals surface area contributed by atoms with Gasteiger partial charge in [0, 0.05) is 31.9 Å². The lowest BCUT2D eigenvalue weighted by molar-refractivity contribution is 0.0697. The zero-order chi connectivity index (χ0) is 16.4. The molecule has 0 atom stereocenters. The number of nitrogen functional groups attached to an aromatic ring is 2. The normalized spacial score (nSPS) is 14.8. The van der Waals surface area contributed by atoms with Crippen LogP contribution in [0.4, 0.5) is 23.1 Å². The zero-order valence-electron chi connectivity index (χ0n) is 12.5. The van der Waals surface area contributed by atoms with Gasteiger partial charge in [0.05, 0.1) is 17.4 Å². The standard InChI is InChI=1S/C15H18N6O2/c16-13-12(9-18-15(17)19-13)21-7-5-20(6-8-21)11-3-1-10(2-4-11)14(22)23/h1-4,9H,5-8H2,(H,22,23)(H4,16,17,18,19). The van der Waals surface area contributed by atoms with Crippen LogP contribution in [-0.4, -0.2) is 47.2 Å². The number of carbonyl (C=O) groups is 1. The van der Waals surface area contributed by atoms with Crippen LogP contribution in [-0.2, 0) is 0 Å². The van der Waals surface area contributed by atoms with Crippen molar-refractivity contribution >= 4 is 29.1 Å². The highest BCUT2D eigenvalue weighted by atomic mass is 16.4. The molecule has 0 saturated carbocycles. The van der Waals surface area contributed by atoms with E-state index in [-0.39, 0.29) is 5.95 Å². The van der Waals surface area contributed by atoms with Gasteiger partial charge in [0.2, 0.25) is 5.95 Å². The second kappa shape index (κ2) is 5.99. The van der Waals surface area contributed by atoms with Crippen molar-refractivity contribution in [3.63, 3.8) is 0 Å². The minimum atomic E-state index is -0.916. The Balaban J connectivity index is 1.67. The van der Waals surface area contributed by atoms with Gasteiger partial charge in [-0.15, -0.1) is 0 Å². The third kappa shape index (κ3) is 3.10. The number of benzene rings is 1. The molecular weight excluding hydrogens is 296 g/mol. The molecule has 2 heterocycles. The van der Waals surface area contributed by atoms with E-state index in [1.54, 1.807) is 18.3 Å². The molecule has 0 aliphatic carbocycles. The van der Waals surface area contributed by atoms with Crippen molar-refractivity contribution in [2.24, 2.45) is 0 Å². The molecule has 1 aliphatic rings. The van der Waals surface area contributed by atoms with Crippen molar-refractivity contribution in [1.82, 2.24) is 9.97 Å². The predicted molar refractivity (Wildman–Crippen MR) is 88.7 cm³/mol. The van der Waals surface area contributed by atoms with Gasteiger partial charge in [-0.3, -0.25) is 0 Å². The van der Waals surface area contributed by atoms with E-state index in [0.29, 0.717) is 11.4 Å². The van der Waals surface area contributed by atoms with Gasteiger partial charge < -0.3 is 26.4 Å². The number of hydrogen-bond donors (Lipinski definition) is 3. The number of hydrogen-bond acceptors (Lipinski definition) is 7. The minimum absolute atomic E-state index is 0.170. The second-order valence-corrected chi connectivity index (χ2v) is 5.32. The quantitative estimate of drug-likeness (QED) is 0.755. The summed E-state index contributed by atoms with van der Waals surface area (Å²) in [5.41, 5.74) is 13.5. The number of nitrogens with two attached hydrogens (primary N) is 2. The Morgan fingerprint density at radius 1 is 1.04 bits per heavy atom. The average molecular weight is 314 g/mol. The highest BCUT2D eigenvalue weighted by Crippen LogP contribution is 2.24. The molecule has 23 heavy (non-hydrogen) atoms. The van der Waals surface area contributed by atoms with Gasteiger partial charge >= 0.3 is 5.97 Å². The Morgan fingerprint density at radius 3 is 2.22 bits per heavy atom. The number of aromatic carboxylic acids is 1. The minimum Gasteiger partial charge on any atom is -0.478 e. The van der Waals surface area contributed by atoms with E-state index in [9.17, 15) is 4.79 Å². The van der Waals surface area contributed by atoms with Gasteiger partial charge in [0.15, 0.2) is 5.82 Å². The molecule has 0 radical (unpaired) electrons. The largest absolute Gasteiger partial charge is 0.478 e. The van der Waals surface area contributed by atoms with Crippen LogP contribution in [0.3, 0.4) is 0 Å². The Bertz CT molecular complexity index is 710. The van der Waals surface area contributed by atoms with Gasteiger partial charge in [-0.1, -0.05) is 0 Å². The molecule has 1 aliphatic heterocycles. The molecule has 0 spiro atoms. The van der Waals surface area contributed by atoms with Crippen LogP contribution in [0.15, 0.2) is 30.5 Å². The number of rotatable bonds is 3. The summed E-state index contributed by atoms with van der Waals surface area (Å²) in [4.78, 5) is 23.2. The molecule has 8 nitrogen and oxygen atoms in total. The van der Waals surface area contributed by atoms with Gasteiger partial charge in [-0.25, -0.2) is 9.78 Å².